The van der Waals surface area contributed by atoms with Crippen LogP contribution in [0.2, 0.25) is 0 Å². The van der Waals surface area contributed by atoms with Gasteiger partial charge in [0.1, 0.15) is 18.1 Å². The minimum absolute atomic E-state index is 0.0300. The molecule has 8 heteroatoms. The number of β-amino-alcohol motifs (C(OH)–C–C–N with tert-alkyl or cyclic N) is 1. The molecular weight excluding hydrogens is 336 g/mol. The Morgan fingerprint density at radius 2 is 2.04 bits per heavy atom. The summed E-state index contributed by atoms with van der Waals surface area (Å²) < 4.78 is 7.64. The summed E-state index contributed by atoms with van der Waals surface area (Å²) in [4.78, 5) is 25.1. The van der Waals surface area contributed by atoms with E-state index >= 15 is 0 Å². The number of carbonyl (C=O) groups excluding carboxylic acids is 2. The lowest BCUT2D eigenvalue weighted by atomic mass is 10.2. The summed E-state index contributed by atoms with van der Waals surface area (Å²) in [7, 11) is 1.86. The number of nitrogens with zero attached hydrogens (tertiary/aromatic N) is 3. The lowest BCUT2D eigenvalue weighted by molar-refractivity contribution is -0.137. The lowest BCUT2D eigenvalue weighted by Crippen LogP contribution is -2.34. The van der Waals surface area contributed by atoms with Crippen molar-refractivity contribution in [1.82, 2.24) is 14.7 Å². The van der Waals surface area contributed by atoms with E-state index in [1.807, 2.05) is 20.0 Å². The molecule has 2 heterocycles. The van der Waals surface area contributed by atoms with E-state index in [2.05, 4.69) is 10.4 Å². The van der Waals surface area contributed by atoms with Crippen molar-refractivity contribution in [3.8, 4) is 5.75 Å². The summed E-state index contributed by atoms with van der Waals surface area (Å²) in [6, 6.07) is 7.17. The van der Waals surface area contributed by atoms with Crippen molar-refractivity contribution in [3.63, 3.8) is 0 Å². The number of rotatable bonds is 7. The fraction of sp³-hybridized carbons (Fsp3) is 0.278. The van der Waals surface area contributed by atoms with Gasteiger partial charge in [0, 0.05) is 24.4 Å². The number of amides is 2. The Morgan fingerprint density at radius 3 is 2.73 bits per heavy atom. The number of benzene rings is 1. The van der Waals surface area contributed by atoms with Crippen LogP contribution < -0.4 is 10.1 Å². The molecule has 0 radical (unpaired) electrons. The Labute approximate surface area is 150 Å². The number of aliphatic hydroxyl groups is 1. The van der Waals surface area contributed by atoms with Gasteiger partial charge in [0.2, 0.25) is 0 Å². The van der Waals surface area contributed by atoms with E-state index in [1.54, 1.807) is 29.1 Å². The molecule has 1 aromatic heterocycles. The largest absolute Gasteiger partial charge is 0.487 e. The second-order valence-electron chi connectivity index (χ2n) is 5.87. The highest BCUT2D eigenvalue weighted by molar-refractivity contribution is 6.17. The van der Waals surface area contributed by atoms with Gasteiger partial charge in [0.15, 0.2) is 0 Å². The number of anilines is 1. The molecule has 2 aromatic rings. The highest BCUT2D eigenvalue weighted by atomic mass is 16.5. The van der Waals surface area contributed by atoms with Gasteiger partial charge in [-0.1, -0.05) is 12.1 Å². The standard InChI is InChI=1S/C18H20N4O4/c1-12-13(10-19-21(12)2)11-26-16-6-4-3-5-14(16)20-15-9-17(24)22(7-8-23)18(15)25/h3-6,9-10,20,23H,7-8,11H2,1-2H3. The summed E-state index contributed by atoms with van der Waals surface area (Å²) in [5, 5.41) is 16.1. The van der Waals surface area contributed by atoms with E-state index in [9.17, 15) is 9.59 Å². The average Bonchev–Trinajstić information content (AvgIpc) is 3.08. The highest BCUT2D eigenvalue weighted by Crippen LogP contribution is 2.28. The van der Waals surface area contributed by atoms with Crippen molar-refractivity contribution in [2.24, 2.45) is 7.05 Å². The molecular formula is C18H20N4O4. The van der Waals surface area contributed by atoms with Crippen molar-refractivity contribution >= 4 is 17.5 Å². The zero-order chi connectivity index (χ0) is 18.7. The Morgan fingerprint density at radius 1 is 1.27 bits per heavy atom. The van der Waals surface area contributed by atoms with Crippen LogP contribution in [0.15, 0.2) is 42.2 Å². The molecule has 0 atom stereocenters. The maximum Gasteiger partial charge on any atom is 0.277 e. The maximum atomic E-state index is 12.3. The van der Waals surface area contributed by atoms with E-state index < -0.39 is 11.8 Å². The number of aliphatic hydroxyl groups excluding tert-OH is 1. The quantitative estimate of drug-likeness (QED) is 0.718. The molecule has 1 aromatic carbocycles. The van der Waals surface area contributed by atoms with E-state index in [4.69, 9.17) is 9.84 Å². The molecule has 26 heavy (non-hydrogen) atoms. The highest BCUT2D eigenvalue weighted by Gasteiger charge is 2.31. The van der Waals surface area contributed by atoms with Crippen molar-refractivity contribution in [3.05, 3.63) is 53.5 Å². The third kappa shape index (κ3) is 3.45. The molecule has 0 fully saturated rings. The monoisotopic (exact) mass is 356 g/mol. The third-order valence-corrected chi connectivity index (χ3v) is 4.21. The Bertz CT molecular complexity index is 872. The first-order valence-corrected chi connectivity index (χ1v) is 8.16. The number of hydrogen-bond donors (Lipinski definition) is 2. The summed E-state index contributed by atoms with van der Waals surface area (Å²) in [5.74, 6) is -0.365. The van der Waals surface area contributed by atoms with Gasteiger partial charge in [-0.3, -0.25) is 19.2 Å². The van der Waals surface area contributed by atoms with Crippen LogP contribution in [0.25, 0.3) is 0 Å². The number of para-hydroxylation sites is 2. The Kier molecular flexibility index (Phi) is 5.04. The first-order chi connectivity index (χ1) is 12.5. The molecule has 0 aliphatic carbocycles. The summed E-state index contributed by atoms with van der Waals surface area (Å²) >= 11 is 0. The molecule has 3 rings (SSSR count). The summed E-state index contributed by atoms with van der Waals surface area (Å²) in [6.07, 6.45) is 2.97. The van der Waals surface area contributed by atoms with E-state index in [0.29, 0.717) is 18.0 Å². The lowest BCUT2D eigenvalue weighted by Gasteiger charge is -2.15. The average molecular weight is 356 g/mol. The molecule has 2 N–H and O–H groups in total. The van der Waals surface area contributed by atoms with E-state index in [0.717, 1.165) is 16.2 Å². The van der Waals surface area contributed by atoms with Gasteiger partial charge >= 0.3 is 0 Å². The van der Waals surface area contributed by atoms with Crippen LogP contribution >= 0.6 is 0 Å². The predicted octanol–water partition coefficient (Wildman–Crippen LogP) is 0.964. The fourth-order valence-electron chi connectivity index (χ4n) is 2.59. The zero-order valence-corrected chi connectivity index (χ0v) is 14.6. The second kappa shape index (κ2) is 7.40. The minimum atomic E-state index is -0.470. The molecule has 0 unspecified atom stereocenters. The molecule has 0 bridgehead atoms. The van der Waals surface area contributed by atoms with Crippen LogP contribution in [-0.2, 0) is 23.2 Å². The molecule has 0 spiro atoms. The number of aryl methyl sites for hydroxylation is 1. The van der Waals surface area contributed by atoms with Crippen LogP contribution in [0.5, 0.6) is 5.75 Å². The molecule has 136 valence electrons. The molecule has 0 saturated heterocycles. The molecule has 2 amide bonds. The van der Waals surface area contributed by atoms with Gasteiger partial charge < -0.3 is 15.2 Å². The molecule has 1 aliphatic heterocycles. The first-order valence-electron chi connectivity index (χ1n) is 8.16. The van der Waals surface area contributed by atoms with Gasteiger partial charge in [0.05, 0.1) is 25.0 Å². The van der Waals surface area contributed by atoms with Gasteiger partial charge in [-0.2, -0.15) is 5.10 Å². The Hall–Kier alpha value is -3.13. The van der Waals surface area contributed by atoms with Crippen LogP contribution in [0.3, 0.4) is 0 Å². The van der Waals surface area contributed by atoms with Gasteiger partial charge in [-0.15, -0.1) is 0 Å². The van der Waals surface area contributed by atoms with Crippen molar-refractivity contribution in [2.75, 3.05) is 18.5 Å². The van der Waals surface area contributed by atoms with Crippen molar-refractivity contribution in [2.45, 2.75) is 13.5 Å². The molecule has 1 aliphatic rings. The summed E-state index contributed by atoms with van der Waals surface area (Å²) in [6.45, 7) is 1.99. The van der Waals surface area contributed by atoms with E-state index in [-0.39, 0.29) is 18.8 Å². The number of hydrogen-bond acceptors (Lipinski definition) is 6. The zero-order valence-electron chi connectivity index (χ0n) is 14.6. The van der Waals surface area contributed by atoms with Gasteiger partial charge in [-0.25, -0.2) is 0 Å². The van der Waals surface area contributed by atoms with Crippen molar-refractivity contribution in [1.29, 1.82) is 0 Å². The fourth-order valence-corrected chi connectivity index (χ4v) is 2.59. The third-order valence-electron chi connectivity index (χ3n) is 4.21. The van der Waals surface area contributed by atoms with Crippen LogP contribution in [0, 0.1) is 6.92 Å². The number of nitrogens with one attached hydrogen (secondary N) is 1. The predicted molar refractivity (Wildman–Crippen MR) is 94.2 cm³/mol. The number of ether oxygens (including phenoxy) is 1. The minimum Gasteiger partial charge on any atom is -0.487 e. The van der Waals surface area contributed by atoms with E-state index in [1.165, 1.54) is 6.08 Å². The number of imide groups is 1. The first kappa shape index (κ1) is 17.7. The second-order valence-corrected chi connectivity index (χ2v) is 5.87. The van der Waals surface area contributed by atoms with Crippen LogP contribution in [0.1, 0.15) is 11.3 Å². The van der Waals surface area contributed by atoms with Crippen molar-refractivity contribution < 1.29 is 19.4 Å². The summed E-state index contributed by atoms with van der Waals surface area (Å²) in [5.41, 5.74) is 2.70. The van der Waals surface area contributed by atoms with Gasteiger partial charge in [0.25, 0.3) is 11.8 Å². The maximum absolute atomic E-state index is 12.3. The number of aromatic nitrogens is 2. The normalized spacial score (nSPS) is 14.0. The molecule has 8 nitrogen and oxygen atoms in total. The topological polar surface area (TPSA) is 96.7 Å². The van der Waals surface area contributed by atoms with Crippen LogP contribution in [0.4, 0.5) is 5.69 Å². The number of carbonyl (C=O) groups is 2. The SMILES string of the molecule is Cc1c(COc2ccccc2NC2=CC(=O)N(CCO)C2=O)cnn1C. The van der Waals surface area contributed by atoms with Crippen LogP contribution in [-0.4, -0.2) is 44.8 Å². The van der Waals surface area contributed by atoms with Gasteiger partial charge in [-0.05, 0) is 19.1 Å². The molecule has 0 saturated carbocycles. The smallest absolute Gasteiger partial charge is 0.277 e. The Balaban J connectivity index is 1.74.